The summed E-state index contributed by atoms with van der Waals surface area (Å²) in [5.41, 5.74) is 1.61. The first-order chi connectivity index (χ1) is 6.66. The molecule has 2 aromatic rings. The minimum absolute atomic E-state index is 0.116. The predicted molar refractivity (Wildman–Crippen MR) is 55.6 cm³/mol. The molecule has 0 amide bonds. The van der Waals surface area contributed by atoms with E-state index in [9.17, 15) is 4.79 Å². The van der Waals surface area contributed by atoms with Gasteiger partial charge < -0.3 is 4.42 Å². The second-order valence-corrected chi connectivity index (χ2v) is 3.64. The van der Waals surface area contributed by atoms with Crippen molar-refractivity contribution in [3.05, 3.63) is 35.0 Å². The van der Waals surface area contributed by atoms with E-state index in [1.54, 1.807) is 13.0 Å². The molecule has 0 spiro atoms. The Balaban J connectivity index is 2.58. The van der Waals surface area contributed by atoms with Crippen LogP contribution in [0.4, 0.5) is 0 Å². The molecule has 0 radical (unpaired) electrons. The van der Waals surface area contributed by atoms with Crippen molar-refractivity contribution in [2.75, 3.05) is 0 Å². The molecule has 0 bridgehead atoms. The van der Waals surface area contributed by atoms with E-state index in [1.165, 1.54) is 0 Å². The van der Waals surface area contributed by atoms with Crippen LogP contribution in [0.1, 0.15) is 12.5 Å². The molecule has 0 aliphatic heterocycles. The fourth-order valence-electron chi connectivity index (χ4n) is 1.50. The summed E-state index contributed by atoms with van der Waals surface area (Å²) >= 11 is 5.74. The summed E-state index contributed by atoms with van der Waals surface area (Å²) in [6.07, 6.45) is 0.390. The normalized spacial score (nSPS) is 10.7. The van der Waals surface area contributed by atoms with E-state index < -0.39 is 0 Å². The van der Waals surface area contributed by atoms with Crippen LogP contribution in [0.15, 0.2) is 28.7 Å². The highest BCUT2D eigenvalue weighted by Crippen LogP contribution is 2.26. The van der Waals surface area contributed by atoms with Crippen molar-refractivity contribution in [2.24, 2.45) is 0 Å². The third-order valence-electron chi connectivity index (χ3n) is 2.03. The number of hydrogen-bond donors (Lipinski definition) is 0. The Morgan fingerprint density at radius 2 is 2.29 bits per heavy atom. The van der Waals surface area contributed by atoms with Gasteiger partial charge in [-0.3, -0.25) is 4.79 Å². The molecule has 1 heterocycles. The quantitative estimate of drug-likeness (QED) is 0.759. The van der Waals surface area contributed by atoms with Crippen LogP contribution in [0.25, 0.3) is 11.0 Å². The van der Waals surface area contributed by atoms with Gasteiger partial charge in [0.05, 0.1) is 0 Å². The molecule has 0 saturated heterocycles. The lowest BCUT2D eigenvalue weighted by atomic mass is 10.1. The maximum absolute atomic E-state index is 11.0. The molecule has 1 aromatic heterocycles. The maximum Gasteiger partial charge on any atom is 0.194 e. The zero-order valence-corrected chi connectivity index (χ0v) is 8.47. The molecule has 0 fully saturated rings. The Bertz CT molecular complexity index is 485. The van der Waals surface area contributed by atoms with Crippen LogP contribution in [-0.2, 0) is 11.2 Å². The minimum atomic E-state index is 0.116. The standard InChI is InChI=1S/C11H9ClO2/c1-7(13)5-8-3-2-4-9-6-10(12)14-11(8)9/h2-4,6H,5H2,1H3. The summed E-state index contributed by atoms with van der Waals surface area (Å²) in [5, 5.41) is 1.30. The number of halogens is 1. The van der Waals surface area contributed by atoms with Crippen LogP contribution in [-0.4, -0.2) is 5.78 Å². The van der Waals surface area contributed by atoms with Gasteiger partial charge in [0.15, 0.2) is 5.22 Å². The molecule has 0 saturated carbocycles. The smallest absolute Gasteiger partial charge is 0.194 e. The molecule has 14 heavy (non-hydrogen) atoms. The summed E-state index contributed by atoms with van der Waals surface area (Å²) in [6, 6.07) is 7.44. The zero-order chi connectivity index (χ0) is 10.1. The highest BCUT2D eigenvalue weighted by Gasteiger charge is 2.07. The highest BCUT2D eigenvalue weighted by molar-refractivity contribution is 6.29. The Hall–Kier alpha value is -1.28. The number of rotatable bonds is 2. The molecular weight excluding hydrogens is 200 g/mol. The molecule has 0 aliphatic carbocycles. The Morgan fingerprint density at radius 1 is 1.50 bits per heavy atom. The van der Waals surface area contributed by atoms with Gasteiger partial charge in [-0.05, 0) is 18.5 Å². The number of para-hydroxylation sites is 1. The van der Waals surface area contributed by atoms with E-state index in [2.05, 4.69) is 0 Å². The summed E-state index contributed by atoms with van der Waals surface area (Å²) in [6.45, 7) is 1.56. The number of furan rings is 1. The van der Waals surface area contributed by atoms with Gasteiger partial charge in [-0.2, -0.15) is 0 Å². The highest BCUT2D eigenvalue weighted by atomic mass is 35.5. The predicted octanol–water partition coefficient (Wildman–Crippen LogP) is 3.22. The number of benzene rings is 1. The molecule has 72 valence electrons. The van der Waals surface area contributed by atoms with Crippen LogP contribution in [0.2, 0.25) is 5.22 Å². The maximum atomic E-state index is 11.0. The van der Waals surface area contributed by atoms with Crippen LogP contribution < -0.4 is 0 Å². The summed E-state index contributed by atoms with van der Waals surface area (Å²) in [7, 11) is 0. The Morgan fingerprint density at radius 3 is 3.00 bits per heavy atom. The number of fused-ring (bicyclic) bond motifs is 1. The lowest BCUT2D eigenvalue weighted by Gasteiger charge is -1.97. The van der Waals surface area contributed by atoms with Crippen molar-refractivity contribution < 1.29 is 9.21 Å². The van der Waals surface area contributed by atoms with E-state index >= 15 is 0 Å². The van der Waals surface area contributed by atoms with Crippen molar-refractivity contribution >= 4 is 28.4 Å². The van der Waals surface area contributed by atoms with Gasteiger partial charge in [0.1, 0.15) is 11.4 Å². The van der Waals surface area contributed by atoms with Gasteiger partial charge in [0.2, 0.25) is 0 Å². The zero-order valence-electron chi connectivity index (χ0n) is 7.71. The van der Waals surface area contributed by atoms with Crippen molar-refractivity contribution in [1.82, 2.24) is 0 Å². The lowest BCUT2D eigenvalue weighted by molar-refractivity contribution is -0.116. The Labute approximate surface area is 86.5 Å². The molecule has 0 N–H and O–H groups in total. The SMILES string of the molecule is CC(=O)Cc1cccc2cc(Cl)oc12. The number of carbonyl (C=O) groups excluding carboxylic acids is 1. The minimum Gasteiger partial charge on any atom is -0.444 e. The number of ketones is 1. The summed E-state index contributed by atoms with van der Waals surface area (Å²) in [4.78, 5) is 11.0. The van der Waals surface area contributed by atoms with Crippen molar-refractivity contribution in [1.29, 1.82) is 0 Å². The van der Waals surface area contributed by atoms with E-state index in [0.717, 1.165) is 10.9 Å². The van der Waals surface area contributed by atoms with Crippen molar-refractivity contribution in [3.63, 3.8) is 0 Å². The van der Waals surface area contributed by atoms with Crippen molar-refractivity contribution in [3.8, 4) is 0 Å². The molecule has 3 heteroatoms. The molecule has 0 atom stereocenters. The van der Waals surface area contributed by atoms with Crippen LogP contribution in [0.3, 0.4) is 0 Å². The van der Waals surface area contributed by atoms with Crippen LogP contribution >= 0.6 is 11.6 Å². The average Bonchev–Trinajstić information content (AvgIpc) is 2.45. The first-order valence-corrected chi connectivity index (χ1v) is 4.71. The molecule has 0 unspecified atom stereocenters. The molecular formula is C11H9ClO2. The summed E-state index contributed by atoms with van der Waals surface area (Å²) < 4.78 is 5.31. The van der Waals surface area contributed by atoms with Gasteiger partial charge >= 0.3 is 0 Å². The fourth-order valence-corrected chi connectivity index (χ4v) is 1.69. The lowest BCUT2D eigenvalue weighted by Crippen LogP contribution is -1.95. The van der Waals surface area contributed by atoms with Crippen LogP contribution in [0.5, 0.6) is 0 Å². The topological polar surface area (TPSA) is 30.2 Å². The first kappa shape index (κ1) is 9.28. The monoisotopic (exact) mass is 208 g/mol. The Kier molecular flexibility index (Phi) is 2.30. The van der Waals surface area contributed by atoms with Crippen LogP contribution in [0, 0.1) is 0 Å². The second-order valence-electron chi connectivity index (χ2n) is 3.26. The summed E-state index contributed by atoms with van der Waals surface area (Å²) in [5.74, 6) is 0.116. The van der Waals surface area contributed by atoms with E-state index in [-0.39, 0.29) is 5.78 Å². The third kappa shape index (κ3) is 1.66. The fraction of sp³-hybridized carbons (Fsp3) is 0.182. The first-order valence-electron chi connectivity index (χ1n) is 4.33. The number of Topliss-reactive ketones (excluding diaryl/α,β-unsaturated/α-hetero) is 1. The number of carbonyl (C=O) groups is 1. The average molecular weight is 209 g/mol. The van der Waals surface area contributed by atoms with Gasteiger partial charge in [-0.25, -0.2) is 0 Å². The van der Waals surface area contributed by atoms with E-state index in [1.807, 2.05) is 18.2 Å². The van der Waals surface area contributed by atoms with Crippen molar-refractivity contribution in [2.45, 2.75) is 13.3 Å². The van der Waals surface area contributed by atoms with Gasteiger partial charge in [-0.15, -0.1) is 0 Å². The van der Waals surface area contributed by atoms with Gasteiger partial charge in [-0.1, -0.05) is 18.2 Å². The largest absolute Gasteiger partial charge is 0.444 e. The second kappa shape index (κ2) is 3.46. The third-order valence-corrected chi connectivity index (χ3v) is 2.22. The van der Waals surface area contributed by atoms with E-state index in [0.29, 0.717) is 17.2 Å². The van der Waals surface area contributed by atoms with E-state index in [4.69, 9.17) is 16.0 Å². The molecule has 2 rings (SSSR count). The number of hydrogen-bond acceptors (Lipinski definition) is 2. The van der Waals surface area contributed by atoms with Gasteiger partial charge in [0.25, 0.3) is 0 Å². The molecule has 0 aliphatic rings. The van der Waals surface area contributed by atoms with Gasteiger partial charge in [0, 0.05) is 23.4 Å². The molecule has 1 aromatic carbocycles. The molecule has 2 nitrogen and oxygen atoms in total.